The highest BCUT2D eigenvalue weighted by molar-refractivity contribution is 6.33. The molecule has 8 heteroatoms. The molecule has 144 valence electrons. The van der Waals surface area contributed by atoms with E-state index in [1.807, 2.05) is 13.8 Å². The Morgan fingerprint density at radius 3 is 2.67 bits per heavy atom. The SMILES string of the molecule is Cc1onc(-c2c(F)cccc2Cl)c1C(=O)N1CCC(C(=O)O)(C(C)C)C1. The number of aliphatic carboxylic acids is 1. The number of carboxylic acid groups (broad SMARTS) is 1. The van der Waals surface area contributed by atoms with Crippen LogP contribution in [0.3, 0.4) is 0 Å². The van der Waals surface area contributed by atoms with Crippen LogP contribution in [0.4, 0.5) is 4.39 Å². The molecule has 1 aromatic heterocycles. The molecule has 2 heterocycles. The minimum Gasteiger partial charge on any atom is -0.481 e. The summed E-state index contributed by atoms with van der Waals surface area (Å²) in [5.41, 5.74) is -0.881. The Hall–Kier alpha value is -2.41. The van der Waals surface area contributed by atoms with E-state index in [4.69, 9.17) is 16.1 Å². The van der Waals surface area contributed by atoms with Crippen molar-refractivity contribution in [3.05, 3.63) is 40.4 Å². The lowest BCUT2D eigenvalue weighted by atomic mass is 9.76. The Morgan fingerprint density at radius 2 is 2.11 bits per heavy atom. The number of carboxylic acids is 1. The molecule has 1 aromatic carbocycles. The van der Waals surface area contributed by atoms with Gasteiger partial charge in [0, 0.05) is 13.1 Å². The molecule has 0 spiro atoms. The highest BCUT2D eigenvalue weighted by Gasteiger charge is 2.49. The first-order valence-electron chi connectivity index (χ1n) is 8.62. The van der Waals surface area contributed by atoms with E-state index in [1.165, 1.54) is 23.1 Å². The molecule has 1 saturated heterocycles. The van der Waals surface area contributed by atoms with Gasteiger partial charge in [0.1, 0.15) is 22.8 Å². The second kappa shape index (κ2) is 6.96. The number of halogens is 2. The number of hydrogen-bond acceptors (Lipinski definition) is 4. The summed E-state index contributed by atoms with van der Waals surface area (Å²) < 4.78 is 19.5. The first kappa shape index (κ1) is 19.4. The summed E-state index contributed by atoms with van der Waals surface area (Å²) in [6.07, 6.45) is 0.353. The van der Waals surface area contributed by atoms with Gasteiger partial charge in [0.25, 0.3) is 5.91 Å². The van der Waals surface area contributed by atoms with Crippen LogP contribution in [0.1, 0.15) is 36.4 Å². The highest BCUT2D eigenvalue weighted by atomic mass is 35.5. The predicted octanol–water partition coefficient (Wildman–Crippen LogP) is 4.02. The third kappa shape index (κ3) is 3.10. The van der Waals surface area contributed by atoms with E-state index in [9.17, 15) is 19.1 Å². The first-order chi connectivity index (χ1) is 12.7. The number of amides is 1. The molecule has 6 nitrogen and oxygen atoms in total. The largest absolute Gasteiger partial charge is 0.481 e. The van der Waals surface area contributed by atoms with Crippen LogP contribution in [0.25, 0.3) is 11.3 Å². The molecule has 1 unspecified atom stereocenters. The fourth-order valence-electron chi connectivity index (χ4n) is 3.58. The van der Waals surface area contributed by atoms with E-state index >= 15 is 0 Å². The molecule has 2 aromatic rings. The maximum absolute atomic E-state index is 14.3. The average molecular weight is 395 g/mol. The van der Waals surface area contributed by atoms with Crippen LogP contribution in [-0.4, -0.2) is 40.1 Å². The molecule has 1 atom stereocenters. The van der Waals surface area contributed by atoms with Gasteiger partial charge in [-0.25, -0.2) is 4.39 Å². The standard InChI is InChI=1S/C19H20ClFN2O4/c1-10(2)19(18(25)26)7-8-23(9-19)17(24)14-11(3)27-22-16(14)15-12(20)5-4-6-13(15)21/h4-6,10H,7-9H2,1-3H3,(H,25,26). The van der Waals surface area contributed by atoms with E-state index < -0.39 is 23.1 Å². The van der Waals surface area contributed by atoms with Gasteiger partial charge in [0.15, 0.2) is 0 Å². The minimum atomic E-state index is -1.00. The molecular formula is C19H20ClFN2O4. The fourth-order valence-corrected chi connectivity index (χ4v) is 3.83. The van der Waals surface area contributed by atoms with Crippen molar-refractivity contribution in [2.75, 3.05) is 13.1 Å². The van der Waals surface area contributed by atoms with Crippen LogP contribution in [0.5, 0.6) is 0 Å². The number of rotatable bonds is 4. The van der Waals surface area contributed by atoms with Crippen molar-refractivity contribution in [1.29, 1.82) is 0 Å². The Labute approximate surface area is 160 Å². The van der Waals surface area contributed by atoms with Gasteiger partial charge in [-0.2, -0.15) is 0 Å². The summed E-state index contributed by atoms with van der Waals surface area (Å²) >= 11 is 6.11. The van der Waals surface area contributed by atoms with Gasteiger partial charge in [-0.05, 0) is 31.4 Å². The number of aromatic nitrogens is 1. The molecule has 1 fully saturated rings. The molecule has 0 bridgehead atoms. The van der Waals surface area contributed by atoms with Crippen molar-refractivity contribution >= 4 is 23.5 Å². The molecular weight excluding hydrogens is 375 g/mol. The van der Waals surface area contributed by atoms with E-state index in [0.29, 0.717) is 13.0 Å². The summed E-state index contributed by atoms with van der Waals surface area (Å²) in [6.45, 7) is 5.59. The number of carbonyl (C=O) groups is 2. The number of aryl methyl sites for hydroxylation is 1. The van der Waals surface area contributed by atoms with Crippen molar-refractivity contribution in [3.8, 4) is 11.3 Å². The summed E-state index contributed by atoms with van der Waals surface area (Å²) in [7, 11) is 0. The van der Waals surface area contributed by atoms with E-state index in [2.05, 4.69) is 5.16 Å². The molecule has 1 aliphatic rings. The smallest absolute Gasteiger partial charge is 0.311 e. The second-order valence-electron chi connectivity index (χ2n) is 7.15. The zero-order valence-corrected chi connectivity index (χ0v) is 16.0. The van der Waals surface area contributed by atoms with Crippen LogP contribution in [0.2, 0.25) is 5.02 Å². The molecule has 0 saturated carbocycles. The number of nitrogens with zero attached hydrogens (tertiary/aromatic N) is 2. The number of benzene rings is 1. The van der Waals surface area contributed by atoms with Crippen LogP contribution in [0, 0.1) is 24.1 Å². The number of hydrogen-bond donors (Lipinski definition) is 1. The first-order valence-corrected chi connectivity index (χ1v) is 9.00. The van der Waals surface area contributed by atoms with Crippen molar-refractivity contribution in [3.63, 3.8) is 0 Å². The van der Waals surface area contributed by atoms with Crippen molar-refractivity contribution in [1.82, 2.24) is 10.1 Å². The van der Waals surface area contributed by atoms with E-state index in [0.717, 1.165) is 0 Å². The third-order valence-electron chi connectivity index (χ3n) is 5.40. The van der Waals surface area contributed by atoms with Crippen molar-refractivity contribution in [2.24, 2.45) is 11.3 Å². The van der Waals surface area contributed by atoms with Gasteiger partial charge in [-0.15, -0.1) is 0 Å². The number of carbonyl (C=O) groups excluding carboxylic acids is 1. The van der Waals surface area contributed by atoms with E-state index in [1.54, 1.807) is 6.92 Å². The van der Waals surface area contributed by atoms with Gasteiger partial charge in [0.05, 0.1) is 16.0 Å². The van der Waals surface area contributed by atoms with Gasteiger partial charge in [-0.3, -0.25) is 9.59 Å². The summed E-state index contributed by atoms with van der Waals surface area (Å²) in [6, 6.07) is 4.19. The van der Waals surface area contributed by atoms with Crippen LogP contribution < -0.4 is 0 Å². The monoisotopic (exact) mass is 394 g/mol. The molecule has 1 amide bonds. The van der Waals surface area contributed by atoms with E-state index in [-0.39, 0.29) is 40.1 Å². The van der Waals surface area contributed by atoms with Gasteiger partial charge < -0.3 is 14.5 Å². The number of likely N-dealkylation sites (tertiary alicyclic amines) is 1. The predicted molar refractivity (Wildman–Crippen MR) is 97.1 cm³/mol. The fraction of sp³-hybridized carbons (Fsp3) is 0.421. The molecule has 1 aliphatic heterocycles. The normalized spacial score (nSPS) is 19.7. The van der Waals surface area contributed by atoms with Crippen LogP contribution >= 0.6 is 11.6 Å². The van der Waals surface area contributed by atoms with Crippen molar-refractivity contribution < 1.29 is 23.6 Å². The Balaban J connectivity index is 2.01. The van der Waals surface area contributed by atoms with Gasteiger partial charge >= 0.3 is 5.97 Å². The Morgan fingerprint density at radius 1 is 1.41 bits per heavy atom. The maximum atomic E-state index is 14.3. The molecule has 1 N–H and O–H groups in total. The van der Waals surface area contributed by atoms with Crippen molar-refractivity contribution in [2.45, 2.75) is 27.2 Å². The highest BCUT2D eigenvalue weighted by Crippen LogP contribution is 2.40. The molecule has 3 rings (SSSR count). The third-order valence-corrected chi connectivity index (χ3v) is 5.71. The lowest BCUT2D eigenvalue weighted by Gasteiger charge is -2.28. The van der Waals surface area contributed by atoms with Crippen LogP contribution in [0.15, 0.2) is 22.7 Å². The maximum Gasteiger partial charge on any atom is 0.311 e. The van der Waals surface area contributed by atoms with Gasteiger partial charge in [-0.1, -0.05) is 36.7 Å². The summed E-state index contributed by atoms with van der Waals surface area (Å²) in [4.78, 5) is 26.4. The Bertz CT molecular complexity index is 891. The summed E-state index contributed by atoms with van der Waals surface area (Å²) in [5, 5.41) is 13.6. The topological polar surface area (TPSA) is 83.6 Å². The van der Waals surface area contributed by atoms with Gasteiger partial charge in [0.2, 0.25) is 0 Å². The van der Waals surface area contributed by atoms with Crippen LogP contribution in [-0.2, 0) is 4.79 Å². The zero-order chi connectivity index (χ0) is 19.9. The zero-order valence-electron chi connectivity index (χ0n) is 15.3. The second-order valence-corrected chi connectivity index (χ2v) is 7.56. The molecule has 0 aliphatic carbocycles. The molecule has 27 heavy (non-hydrogen) atoms. The quantitative estimate of drug-likeness (QED) is 0.846. The minimum absolute atomic E-state index is 0.00748. The average Bonchev–Trinajstić information content (AvgIpc) is 3.20. The lowest BCUT2D eigenvalue weighted by molar-refractivity contribution is -0.150. The molecule has 0 radical (unpaired) electrons. The summed E-state index contributed by atoms with van der Waals surface area (Å²) in [5.74, 6) is -1.89. The Kier molecular flexibility index (Phi) is 4.99. The lowest BCUT2D eigenvalue weighted by Crippen LogP contribution is -2.40.